The summed E-state index contributed by atoms with van der Waals surface area (Å²) in [6.45, 7) is 5.10. The van der Waals surface area contributed by atoms with Gasteiger partial charge in [-0.1, -0.05) is 18.2 Å². The van der Waals surface area contributed by atoms with Gasteiger partial charge in [-0.05, 0) is 39.0 Å². The highest BCUT2D eigenvalue weighted by Gasteiger charge is 2.31. The zero-order chi connectivity index (χ0) is 22.1. The normalized spacial score (nSPS) is 12.6. The minimum atomic E-state index is -4.47. The second kappa shape index (κ2) is 8.25. The molecule has 1 amide bonds. The van der Waals surface area contributed by atoms with Crippen molar-refractivity contribution < 1.29 is 22.4 Å². The third kappa shape index (κ3) is 4.50. The number of benzene rings is 1. The summed E-state index contributed by atoms with van der Waals surface area (Å²) in [5.41, 5.74) is 1.31. The highest BCUT2D eigenvalue weighted by atomic mass is 19.4. The van der Waals surface area contributed by atoms with Crippen molar-refractivity contribution in [2.75, 3.05) is 0 Å². The third-order valence-corrected chi connectivity index (χ3v) is 4.82. The number of carbonyl (C=O) groups excluding carboxylic acids is 1. The van der Waals surface area contributed by atoms with Gasteiger partial charge in [0.25, 0.3) is 0 Å². The average molecular weight is 420 g/mol. The maximum Gasteiger partial charge on any atom is 0.417 e. The molecule has 0 fully saturated rings. The van der Waals surface area contributed by atoms with Crippen LogP contribution in [0.25, 0.3) is 5.82 Å². The zero-order valence-electron chi connectivity index (χ0n) is 16.6. The summed E-state index contributed by atoms with van der Waals surface area (Å²) in [6, 6.07) is 7.83. The van der Waals surface area contributed by atoms with Crippen LogP contribution in [0.1, 0.15) is 41.0 Å². The number of alkyl halides is 3. The molecule has 0 saturated heterocycles. The summed E-state index contributed by atoms with van der Waals surface area (Å²) in [6.07, 6.45) is -3.73. The summed E-state index contributed by atoms with van der Waals surface area (Å²) in [5.74, 6) is -0.509. The molecule has 0 aliphatic rings. The summed E-state index contributed by atoms with van der Waals surface area (Å²) < 4.78 is 53.5. The Bertz CT molecular complexity index is 1060. The Hall–Kier alpha value is -3.23. The van der Waals surface area contributed by atoms with Crippen LogP contribution >= 0.6 is 0 Å². The van der Waals surface area contributed by atoms with Gasteiger partial charge in [-0.2, -0.15) is 18.3 Å². The molecule has 2 aromatic heterocycles. The van der Waals surface area contributed by atoms with Crippen LogP contribution in [0.2, 0.25) is 0 Å². The van der Waals surface area contributed by atoms with Crippen molar-refractivity contribution >= 4 is 5.91 Å². The first-order valence-electron chi connectivity index (χ1n) is 9.20. The van der Waals surface area contributed by atoms with Gasteiger partial charge in [0, 0.05) is 23.0 Å². The average Bonchev–Trinajstić information content (AvgIpc) is 2.96. The monoisotopic (exact) mass is 420 g/mol. The number of rotatable bonds is 5. The number of aromatic nitrogens is 3. The minimum Gasteiger partial charge on any atom is -0.349 e. The van der Waals surface area contributed by atoms with Crippen LogP contribution in [0.15, 0.2) is 42.6 Å². The second-order valence-electron chi connectivity index (χ2n) is 6.95. The van der Waals surface area contributed by atoms with Crippen LogP contribution in [0.3, 0.4) is 0 Å². The molecule has 0 aliphatic carbocycles. The molecule has 0 bridgehead atoms. The molecule has 0 saturated carbocycles. The summed E-state index contributed by atoms with van der Waals surface area (Å²) in [7, 11) is 0. The van der Waals surface area contributed by atoms with Crippen LogP contribution in [0, 0.1) is 19.7 Å². The largest absolute Gasteiger partial charge is 0.417 e. The van der Waals surface area contributed by atoms with E-state index in [0.717, 1.165) is 12.3 Å². The smallest absolute Gasteiger partial charge is 0.349 e. The molecule has 1 aromatic carbocycles. The van der Waals surface area contributed by atoms with Crippen LogP contribution < -0.4 is 5.32 Å². The Morgan fingerprint density at radius 3 is 2.47 bits per heavy atom. The molecule has 2 heterocycles. The third-order valence-electron chi connectivity index (χ3n) is 4.82. The summed E-state index contributed by atoms with van der Waals surface area (Å²) in [4.78, 5) is 16.3. The first kappa shape index (κ1) is 21.5. The first-order valence-corrected chi connectivity index (χ1v) is 9.20. The van der Waals surface area contributed by atoms with E-state index in [-0.39, 0.29) is 18.1 Å². The van der Waals surface area contributed by atoms with Crippen molar-refractivity contribution in [2.45, 2.75) is 39.4 Å². The zero-order valence-corrected chi connectivity index (χ0v) is 16.6. The van der Waals surface area contributed by atoms with Gasteiger partial charge in [0.05, 0.1) is 23.7 Å². The van der Waals surface area contributed by atoms with Crippen LogP contribution in [-0.2, 0) is 17.4 Å². The van der Waals surface area contributed by atoms with Crippen molar-refractivity contribution in [3.8, 4) is 5.82 Å². The van der Waals surface area contributed by atoms with Crippen molar-refractivity contribution in [3.05, 3.63) is 76.5 Å². The van der Waals surface area contributed by atoms with Crippen molar-refractivity contribution in [2.24, 2.45) is 0 Å². The van der Waals surface area contributed by atoms with E-state index in [9.17, 15) is 22.4 Å². The fourth-order valence-electron chi connectivity index (χ4n) is 3.19. The predicted octanol–water partition coefficient (Wildman–Crippen LogP) is 4.46. The Balaban J connectivity index is 1.77. The molecule has 3 rings (SSSR count). The molecule has 5 nitrogen and oxygen atoms in total. The molecule has 0 spiro atoms. The first-order chi connectivity index (χ1) is 14.1. The number of aryl methyl sites for hydroxylation is 1. The molecule has 0 radical (unpaired) electrons. The minimum absolute atomic E-state index is 0.00288. The SMILES string of the molecule is Cc1nn(-c2ccc(C(F)(F)F)cn2)c(C)c1CC(=O)N[C@H](C)c1ccccc1F. The maximum atomic E-state index is 13.9. The predicted molar refractivity (Wildman–Crippen MR) is 102 cm³/mol. The van der Waals surface area contributed by atoms with Crippen molar-refractivity contribution in [1.29, 1.82) is 0 Å². The Labute approximate surface area is 170 Å². The Morgan fingerprint density at radius 2 is 1.87 bits per heavy atom. The van der Waals surface area contributed by atoms with Crippen LogP contribution in [0.4, 0.5) is 17.6 Å². The van der Waals surface area contributed by atoms with Crippen molar-refractivity contribution in [3.63, 3.8) is 0 Å². The van der Waals surface area contributed by atoms with Crippen LogP contribution in [0.5, 0.6) is 0 Å². The topological polar surface area (TPSA) is 59.8 Å². The van der Waals surface area contributed by atoms with Crippen molar-refractivity contribution in [1.82, 2.24) is 20.1 Å². The molecule has 3 aromatic rings. The van der Waals surface area contributed by atoms with Gasteiger partial charge in [0.15, 0.2) is 5.82 Å². The van der Waals surface area contributed by atoms with E-state index in [1.165, 1.54) is 16.8 Å². The Kier molecular flexibility index (Phi) is 5.91. The highest BCUT2D eigenvalue weighted by Crippen LogP contribution is 2.29. The van der Waals surface area contributed by atoms with E-state index >= 15 is 0 Å². The number of carbonyl (C=O) groups is 1. The van der Waals surface area contributed by atoms with E-state index in [1.54, 1.807) is 39.0 Å². The standard InChI is InChI=1S/C21H20F4N4O/c1-12(16-6-4-5-7-18(16)22)27-20(30)10-17-13(2)28-29(14(17)3)19-9-8-15(11-26-19)21(23,24)25/h4-9,11-12H,10H2,1-3H3,(H,27,30)/t12-/m1/s1. The van der Waals surface area contributed by atoms with E-state index in [4.69, 9.17) is 0 Å². The Morgan fingerprint density at radius 1 is 1.17 bits per heavy atom. The lowest BCUT2D eigenvalue weighted by atomic mass is 10.1. The van der Waals surface area contributed by atoms with E-state index in [0.29, 0.717) is 22.5 Å². The molecule has 0 aliphatic heterocycles. The number of nitrogens with one attached hydrogen (secondary N) is 1. The van der Waals surface area contributed by atoms with E-state index in [1.807, 2.05) is 0 Å². The lowest BCUT2D eigenvalue weighted by molar-refractivity contribution is -0.137. The van der Waals surface area contributed by atoms with E-state index < -0.39 is 23.6 Å². The lowest BCUT2D eigenvalue weighted by Crippen LogP contribution is -2.29. The molecular formula is C21H20F4N4O. The van der Waals surface area contributed by atoms with Gasteiger partial charge in [0.2, 0.25) is 5.91 Å². The lowest BCUT2D eigenvalue weighted by Gasteiger charge is -2.15. The molecular weight excluding hydrogens is 400 g/mol. The van der Waals surface area contributed by atoms with Gasteiger partial charge in [-0.3, -0.25) is 4.79 Å². The van der Waals surface area contributed by atoms with Gasteiger partial charge in [0.1, 0.15) is 5.82 Å². The molecule has 1 atom stereocenters. The number of nitrogens with zero attached hydrogens (tertiary/aromatic N) is 3. The second-order valence-corrected chi connectivity index (χ2v) is 6.95. The fraction of sp³-hybridized carbons (Fsp3) is 0.286. The van der Waals surface area contributed by atoms with Gasteiger partial charge < -0.3 is 5.32 Å². The summed E-state index contributed by atoms with van der Waals surface area (Å²) in [5, 5.41) is 7.07. The molecule has 30 heavy (non-hydrogen) atoms. The number of halogens is 4. The maximum absolute atomic E-state index is 13.9. The molecule has 158 valence electrons. The summed E-state index contributed by atoms with van der Waals surface area (Å²) >= 11 is 0. The van der Waals surface area contributed by atoms with Crippen LogP contribution in [-0.4, -0.2) is 20.7 Å². The molecule has 1 N–H and O–H groups in total. The molecule has 0 unspecified atom stereocenters. The van der Waals surface area contributed by atoms with Gasteiger partial charge in [-0.25, -0.2) is 14.1 Å². The van der Waals surface area contributed by atoms with Gasteiger partial charge in [-0.15, -0.1) is 0 Å². The fourth-order valence-corrected chi connectivity index (χ4v) is 3.19. The number of hydrogen-bond acceptors (Lipinski definition) is 3. The number of hydrogen-bond donors (Lipinski definition) is 1. The highest BCUT2D eigenvalue weighted by molar-refractivity contribution is 5.79. The molecule has 9 heteroatoms. The quantitative estimate of drug-likeness (QED) is 0.620. The van der Waals surface area contributed by atoms with Gasteiger partial charge >= 0.3 is 6.18 Å². The number of amides is 1. The van der Waals surface area contributed by atoms with E-state index in [2.05, 4.69) is 15.4 Å². The number of pyridine rings is 1.